The van der Waals surface area contributed by atoms with Crippen LogP contribution in [-0.4, -0.2) is 45.4 Å². The van der Waals surface area contributed by atoms with Crippen molar-refractivity contribution in [1.82, 2.24) is 19.7 Å². The van der Waals surface area contributed by atoms with Crippen molar-refractivity contribution in [2.75, 3.05) is 29.9 Å². The minimum atomic E-state index is 0.173. The fourth-order valence-corrected chi connectivity index (χ4v) is 3.69. The Hall–Kier alpha value is -3.20. The summed E-state index contributed by atoms with van der Waals surface area (Å²) in [6.45, 7) is 1.80. The highest BCUT2D eigenvalue weighted by molar-refractivity contribution is 6.16. The maximum absolute atomic E-state index is 5.50. The lowest BCUT2D eigenvalue weighted by Crippen LogP contribution is -2.46. The zero-order valence-electron chi connectivity index (χ0n) is 13.8. The number of ether oxygens (including phenoxy) is 1. The largest absolute Gasteiger partial charge is 0.381 e. The lowest BCUT2D eigenvalue weighted by molar-refractivity contribution is 0.189. The number of nitrogens with zero attached hydrogens (tertiary/aromatic N) is 7. The van der Waals surface area contributed by atoms with Crippen LogP contribution in [0.2, 0.25) is 0 Å². The Kier molecular flexibility index (Phi) is 2.78. The second-order valence-electron chi connectivity index (χ2n) is 6.47. The van der Waals surface area contributed by atoms with E-state index in [1.54, 1.807) is 6.33 Å². The van der Waals surface area contributed by atoms with Crippen LogP contribution in [0.15, 0.2) is 46.3 Å². The molecule has 0 N–H and O–H groups in total. The second-order valence-corrected chi connectivity index (χ2v) is 6.47. The molecule has 1 aromatic carbocycles. The van der Waals surface area contributed by atoms with Gasteiger partial charge in [0.2, 0.25) is 5.89 Å². The fraction of sp³-hybridized carbons (Fsp3) is 0.294. The van der Waals surface area contributed by atoms with Gasteiger partial charge in [-0.1, -0.05) is 12.1 Å². The first kappa shape index (κ1) is 14.0. The Balaban J connectivity index is 1.42. The summed E-state index contributed by atoms with van der Waals surface area (Å²) in [7, 11) is 0. The molecular weight excluding hydrogens is 334 g/mol. The molecule has 5 heterocycles. The molecule has 3 aromatic rings. The maximum atomic E-state index is 5.50. The number of aliphatic imine (C=N–C) groups is 1. The van der Waals surface area contributed by atoms with Gasteiger partial charge in [0.1, 0.15) is 13.0 Å². The van der Waals surface area contributed by atoms with E-state index in [0.717, 1.165) is 35.9 Å². The normalized spacial score (nSPS) is 20.8. The summed E-state index contributed by atoms with van der Waals surface area (Å²) in [6.07, 6.45) is 4.53. The van der Waals surface area contributed by atoms with Crippen molar-refractivity contribution in [3.8, 4) is 5.69 Å². The number of hydrazine groups is 1. The van der Waals surface area contributed by atoms with Gasteiger partial charge in [-0.05, 0) is 23.7 Å². The summed E-state index contributed by atoms with van der Waals surface area (Å²) in [5.74, 6) is 3.06. The Morgan fingerprint density at radius 1 is 1.19 bits per heavy atom. The van der Waals surface area contributed by atoms with Gasteiger partial charge in [-0.15, -0.1) is 0 Å². The second kappa shape index (κ2) is 5.15. The predicted octanol–water partition coefficient (Wildman–Crippen LogP) is 1.72. The molecule has 0 amide bonds. The number of amidine groups is 1. The zero-order chi connectivity index (χ0) is 17.1. The SMILES string of the molecule is c1ccc2c(c1)C1=NCN(c3noc(C4CCOC4)n3)N1c1cncn1-2. The van der Waals surface area contributed by atoms with Crippen molar-refractivity contribution in [3.63, 3.8) is 0 Å². The summed E-state index contributed by atoms with van der Waals surface area (Å²) >= 11 is 0. The van der Waals surface area contributed by atoms with Crippen LogP contribution in [0.3, 0.4) is 0 Å². The average Bonchev–Trinajstić information content (AvgIpc) is 3.47. The molecule has 0 saturated carbocycles. The number of hydrogen-bond donors (Lipinski definition) is 0. The monoisotopic (exact) mass is 349 g/mol. The van der Waals surface area contributed by atoms with Crippen LogP contribution < -0.4 is 10.0 Å². The molecule has 9 nitrogen and oxygen atoms in total. The number of para-hydroxylation sites is 1. The van der Waals surface area contributed by atoms with Crippen molar-refractivity contribution in [2.24, 2.45) is 4.99 Å². The van der Waals surface area contributed by atoms with Crippen LogP contribution in [-0.2, 0) is 4.74 Å². The molecule has 3 aliphatic heterocycles. The van der Waals surface area contributed by atoms with Crippen LogP contribution in [0, 0.1) is 0 Å². The van der Waals surface area contributed by atoms with Crippen molar-refractivity contribution < 1.29 is 9.26 Å². The third-order valence-corrected chi connectivity index (χ3v) is 4.98. The summed E-state index contributed by atoms with van der Waals surface area (Å²) < 4.78 is 13.0. The lowest BCUT2D eigenvalue weighted by Gasteiger charge is -2.33. The first-order valence-corrected chi connectivity index (χ1v) is 8.55. The molecule has 0 radical (unpaired) electrons. The number of aromatic nitrogens is 4. The number of benzene rings is 1. The van der Waals surface area contributed by atoms with Gasteiger partial charge in [-0.25, -0.2) is 20.0 Å². The highest BCUT2D eigenvalue weighted by Crippen LogP contribution is 2.36. The third-order valence-electron chi connectivity index (χ3n) is 4.98. The highest BCUT2D eigenvalue weighted by atomic mass is 16.5. The highest BCUT2D eigenvalue weighted by Gasteiger charge is 2.38. The molecule has 1 atom stereocenters. The number of anilines is 2. The molecule has 130 valence electrons. The molecule has 2 aromatic heterocycles. The molecule has 6 rings (SSSR count). The molecule has 9 heteroatoms. The molecule has 1 unspecified atom stereocenters. The van der Waals surface area contributed by atoms with Gasteiger partial charge >= 0.3 is 0 Å². The van der Waals surface area contributed by atoms with Crippen molar-refractivity contribution >= 4 is 17.6 Å². The van der Waals surface area contributed by atoms with Gasteiger partial charge in [-0.2, -0.15) is 4.98 Å². The van der Waals surface area contributed by atoms with Gasteiger partial charge < -0.3 is 9.26 Å². The molecule has 0 aliphatic carbocycles. The molecule has 1 saturated heterocycles. The van der Waals surface area contributed by atoms with E-state index in [0.29, 0.717) is 25.1 Å². The van der Waals surface area contributed by atoms with E-state index in [1.165, 1.54) is 0 Å². The van der Waals surface area contributed by atoms with Crippen molar-refractivity contribution in [2.45, 2.75) is 12.3 Å². The van der Waals surface area contributed by atoms with E-state index in [2.05, 4.69) is 27.3 Å². The number of imidazole rings is 1. The Labute approximate surface area is 148 Å². The van der Waals surface area contributed by atoms with Crippen LogP contribution in [0.25, 0.3) is 5.69 Å². The lowest BCUT2D eigenvalue weighted by atomic mass is 10.1. The van der Waals surface area contributed by atoms with Gasteiger partial charge in [-0.3, -0.25) is 4.57 Å². The van der Waals surface area contributed by atoms with E-state index in [-0.39, 0.29) is 5.92 Å². The van der Waals surface area contributed by atoms with Gasteiger partial charge in [0.25, 0.3) is 5.95 Å². The Morgan fingerprint density at radius 2 is 2.15 bits per heavy atom. The van der Waals surface area contributed by atoms with Gasteiger partial charge in [0.15, 0.2) is 11.7 Å². The molecule has 1 fully saturated rings. The first-order valence-electron chi connectivity index (χ1n) is 8.55. The third kappa shape index (κ3) is 1.83. The van der Waals surface area contributed by atoms with Crippen LogP contribution in [0.5, 0.6) is 0 Å². The zero-order valence-corrected chi connectivity index (χ0v) is 13.8. The van der Waals surface area contributed by atoms with E-state index in [4.69, 9.17) is 14.3 Å². The van der Waals surface area contributed by atoms with Crippen LogP contribution >= 0.6 is 0 Å². The molecule has 0 bridgehead atoms. The smallest absolute Gasteiger partial charge is 0.287 e. The summed E-state index contributed by atoms with van der Waals surface area (Å²) in [6, 6.07) is 8.15. The van der Waals surface area contributed by atoms with Gasteiger partial charge in [0, 0.05) is 12.2 Å². The van der Waals surface area contributed by atoms with Crippen molar-refractivity contribution in [1.29, 1.82) is 0 Å². The average molecular weight is 349 g/mol. The number of rotatable bonds is 2. The summed E-state index contributed by atoms with van der Waals surface area (Å²) in [5.41, 5.74) is 2.11. The van der Waals surface area contributed by atoms with Crippen LogP contribution in [0.4, 0.5) is 11.8 Å². The topological polar surface area (TPSA) is 84.8 Å². The van der Waals surface area contributed by atoms with Gasteiger partial charge in [0.05, 0.1) is 24.4 Å². The minimum absolute atomic E-state index is 0.173. The first-order chi connectivity index (χ1) is 12.9. The molecule has 26 heavy (non-hydrogen) atoms. The quantitative estimate of drug-likeness (QED) is 0.696. The number of hydrogen-bond acceptors (Lipinski definition) is 8. The van der Waals surface area contributed by atoms with E-state index < -0.39 is 0 Å². The summed E-state index contributed by atoms with van der Waals surface area (Å²) in [4.78, 5) is 13.6. The number of fused-ring (bicyclic) bond motifs is 6. The van der Waals surface area contributed by atoms with E-state index in [1.807, 2.05) is 32.9 Å². The summed E-state index contributed by atoms with van der Waals surface area (Å²) in [5, 5.41) is 8.09. The predicted molar refractivity (Wildman–Crippen MR) is 92.4 cm³/mol. The fourth-order valence-electron chi connectivity index (χ4n) is 3.69. The molecule has 3 aliphatic rings. The van der Waals surface area contributed by atoms with Crippen molar-refractivity contribution in [3.05, 3.63) is 48.2 Å². The Bertz CT molecular complexity index is 1020. The molecular formula is C17H15N7O2. The Morgan fingerprint density at radius 3 is 3.08 bits per heavy atom. The van der Waals surface area contributed by atoms with E-state index in [9.17, 15) is 0 Å². The standard InChI is InChI=1S/C17H15N7O2/c1-2-4-13-12(3-1)15-19-10-23(24(15)14-7-18-9-22(13)14)17-20-16(26-21-17)11-5-6-25-8-11/h1-4,7,9,11H,5-6,8,10H2. The molecule has 0 spiro atoms. The minimum Gasteiger partial charge on any atom is -0.381 e. The van der Waals surface area contributed by atoms with Crippen LogP contribution in [0.1, 0.15) is 23.8 Å². The van der Waals surface area contributed by atoms with E-state index >= 15 is 0 Å². The maximum Gasteiger partial charge on any atom is 0.287 e.